The van der Waals surface area contributed by atoms with Gasteiger partial charge in [-0.2, -0.15) is 0 Å². The number of carboxylic acid groups (broad SMARTS) is 1. The highest BCUT2D eigenvalue weighted by Crippen LogP contribution is 2.31. The van der Waals surface area contributed by atoms with E-state index in [2.05, 4.69) is 6.92 Å². The zero-order valence-corrected chi connectivity index (χ0v) is 12.2. The highest BCUT2D eigenvalue weighted by molar-refractivity contribution is 5.87. The Morgan fingerprint density at radius 1 is 1.15 bits per heavy atom. The Morgan fingerprint density at radius 2 is 1.75 bits per heavy atom. The van der Waals surface area contributed by atoms with Crippen LogP contribution in [0, 0.1) is 11.8 Å². The Bertz CT molecular complexity index is 416. The number of hydrogen-bond acceptors (Lipinski definition) is 2. The van der Waals surface area contributed by atoms with Crippen LogP contribution in [-0.2, 0) is 0 Å². The third-order valence-corrected chi connectivity index (χ3v) is 4.25. The standard InChI is InChI=1S/C17H24O3/c1-2-3-13-4-6-14(7-5-13)12-20-16-10-8-15(9-11-16)17(18)19/h8-11,13-14H,2-7,12H2,1H3,(H,18,19). The molecule has 1 aromatic carbocycles. The van der Waals surface area contributed by atoms with Crippen LogP contribution < -0.4 is 4.74 Å². The summed E-state index contributed by atoms with van der Waals surface area (Å²) in [6.45, 7) is 3.02. The molecular formula is C17H24O3. The van der Waals surface area contributed by atoms with E-state index in [4.69, 9.17) is 9.84 Å². The predicted octanol–water partition coefficient (Wildman–Crippen LogP) is 4.37. The van der Waals surface area contributed by atoms with Crippen molar-refractivity contribution in [1.82, 2.24) is 0 Å². The molecule has 2 rings (SSSR count). The topological polar surface area (TPSA) is 46.5 Å². The van der Waals surface area contributed by atoms with E-state index in [9.17, 15) is 4.79 Å². The number of carbonyl (C=O) groups is 1. The van der Waals surface area contributed by atoms with Crippen LogP contribution in [-0.4, -0.2) is 17.7 Å². The summed E-state index contributed by atoms with van der Waals surface area (Å²) in [5, 5.41) is 8.84. The molecule has 1 fully saturated rings. The lowest BCUT2D eigenvalue weighted by Gasteiger charge is -2.28. The molecule has 0 radical (unpaired) electrons. The number of hydrogen-bond donors (Lipinski definition) is 1. The molecule has 1 saturated carbocycles. The van der Waals surface area contributed by atoms with Crippen molar-refractivity contribution in [3.63, 3.8) is 0 Å². The molecule has 1 aliphatic carbocycles. The molecule has 20 heavy (non-hydrogen) atoms. The number of aromatic carboxylic acids is 1. The molecule has 1 aliphatic rings. The van der Waals surface area contributed by atoms with Crippen LogP contribution in [0.2, 0.25) is 0 Å². The molecule has 0 atom stereocenters. The van der Waals surface area contributed by atoms with Crippen LogP contribution >= 0.6 is 0 Å². The maximum Gasteiger partial charge on any atom is 0.335 e. The molecule has 1 aromatic rings. The Morgan fingerprint density at radius 3 is 2.30 bits per heavy atom. The van der Waals surface area contributed by atoms with Gasteiger partial charge in [-0.3, -0.25) is 0 Å². The third kappa shape index (κ3) is 4.26. The minimum Gasteiger partial charge on any atom is -0.493 e. The largest absolute Gasteiger partial charge is 0.493 e. The zero-order chi connectivity index (χ0) is 14.4. The lowest BCUT2D eigenvalue weighted by Crippen LogP contribution is -2.20. The smallest absolute Gasteiger partial charge is 0.335 e. The molecule has 0 bridgehead atoms. The SMILES string of the molecule is CCCC1CCC(COc2ccc(C(=O)O)cc2)CC1. The molecular weight excluding hydrogens is 252 g/mol. The summed E-state index contributed by atoms with van der Waals surface area (Å²) in [5.41, 5.74) is 0.303. The first-order valence-electron chi connectivity index (χ1n) is 7.65. The summed E-state index contributed by atoms with van der Waals surface area (Å²) in [5.74, 6) is 1.45. The lowest BCUT2D eigenvalue weighted by molar-refractivity contribution is 0.0697. The van der Waals surface area contributed by atoms with Gasteiger partial charge in [0.1, 0.15) is 5.75 Å². The fourth-order valence-electron chi connectivity index (χ4n) is 3.00. The quantitative estimate of drug-likeness (QED) is 0.839. The maximum absolute atomic E-state index is 10.8. The Balaban J connectivity index is 1.74. The normalized spacial score (nSPS) is 22.4. The number of rotatable bonds is 6. The number of benzene rings is 1. The molecule has 0 saturated heterocycles. The summed E-state index contributed by atoms with van der Waals surface area (Å²) >= 11 is 0. The van der Waals surface area contributed by atoms with E-state index in [0.717, 1.165) is 18.3 Å². The summed E-state index contributed by atoms with van der Waals surface area (Å²) in [7, 11) is 0. The minimum atomic E-state index is -0.897. The minimum absolute atomic E-state index is 0.303. The zero-order valence-electron chi connectivity index (χ0n) is 12.2. The molecule has 0 aliphatic heterocycles. The Kier molecular flexibility index (Phi) is 5.45. The van der Waals surface area contributed by atoms with Crippen molar-refractivity contribution < 1.29 is 14.6 Å². The fraction of sp³-hybridized carbons (Fsp3) is 0.588. The van der Waals surface area contributed by atoms with E-state index in [-0.39, 0.29) is 0 Å². The number of carboxylic acids is 1. The number of ether oxygens (including phenoxy) is 1. The molecule has 0 unspecified atom stereocenters. The van der Waals surface area contributed by atoms with Crippen molar-refractivity contribution in [2.45, 2.75) is 45.4 Å². The third-order valence-electron chi connectivity index (χ3n) is 4.25. The van der Waals surface area contributed by atoms with E-state index in [1.807, 2.05) is 0 Å². The van der Waals surface area contributed by atoms with Gasteiger partial charge in [-0.05, 0) is 48.9 Å². The molecule has 1 N–H and O–H groups in total. The molecule has 3 nitrogen and oxygen atoms in total. The second-order valence-electron chi connectivity index (χ2n) is 5.82. The van der Waals surface area contributed by atoms with E-state index in [1.54, 1.807) is 24.3 Å². The second kappa shape index (κ2) is 7.32. The molecule has 110 valence electrons. The van der Waals surface area contributed by atoms with E-state index < -0.39 is 5.97 Å². The van der Waals surface area contributed by atoms with Gasteiger partial charge in [-0.15, -0.1) is 0 Å². The van der Waals surface area contributed by atoms with Crippen LogP contribution in [0.1, 0.15) is 55.8 Å². The first-order valence-corrected chi connectivity index (χ1v) is 7.65. The summed E-state index contributed by atoms with van der Waals surface area (Å²) < 4.78 is 5.78. The maximum atomic E-state index is 10.8. The molecule has 3 heteroatoms. The van der Waals surface area contributed by atoms with Crippen LogP contribution in [0.5, 0.6) is 5.75 Å². The molecule has 0 heterocycles. The van der Waals surface area contributed by atoms with Gasteiger partial charge in [0, 0.05) is 0 Å². The van der Waals surface area contributed by atoms with Gasteiger partial charge in [0.05, 0.1) is 12.2 Å². The van der Waals surface area contributed by atoms with Gasteiger partial charge in [0.15, 0.2) is 0 Å². The average molecular weight is 276 g/mol. The lowest BCUT2D eigenvalue weighted by atomic mass is 9.80. The second-order valence-corrected chi connectivity index (χ2v) is 5.82. The molecule has 0 amide bonds. The average Bonchev–Trinajstić information content (AvgIpc) is 2.47. The van der Waals surface area contributed by atoms with Crippen molar-refractivity contribution in [2.24, 2.45) is 11.8 Å². The predicted molar refractivity (Wildman–Crippen MR) is 79.3 cm³/mol. The highest BCUT2D eigenvalue weighted by atomic mass is 16.5. The van der Waals surface area contributed by atoms with Crippen LogP contribution in [0.4, 0.5) is 0 Å². The van der Waals surface area contributed by atoms with Crippen LogP contribution in [0.25, 0.3) is 0 Å². The Hall–Kier alpha value is -1.51. The van der Waals surface area contributed by atoms with Gasteiger partial charge in [-0.25, -0.2) is 4.79 Å². The summed E-state index contributed by atoms with van der Waals surface area (Å²) in [6.07, 6.45) is 7.85. The van der Waals surface area contributed by atoms with Crippen molar-refractivity contribution in [3.05, 3.63) is 29.8 Å². The fourth-order valence-corrected chi connectivity index (χ4v) is 3.00. The van der Waals surface area contributed by atoms with Gasteiger partial charge in [0.2, 0.25) is 0 Å². The first-order chi connectivity index (χ1) is 9.69. The molecule has 0 spiro atoms. The molecule has 0 aromatic heterocycles. The summed E-state index contributed by atoms with van der Waals surface area (Å²) in [4.78, 5) is 10.8. The van der Waals surface area contributed by atoms with Crippen molar-refractivity contribution in [3.8, 4) is 5.75 Å². The van der Waals surface area contributed by atoms with Crippen molar-refractivity contribution >= 4 is 5.97 Å². The van der Waals surface area contributed by atoms with Crippen molar-refractivity contribution in [1.29, 1.82) is 0 Å². The van der Waals surface area contributed by atoms with Gasteiger partial charge in [0.25, 0.3) is 0 Å². The van der Waals surface area contributed by atoms with Gasteiger partial charge >= 0.3 is 5.97 Å². The summed E-state index contributed by atoms with van der Waals surface area (Å²) in [6, 6.07) is 6.67. The van der Waals surface area contributed by atoms with Gasteiger partial charge in [-0.1, -0.05) is 32.6 Å². The highest BCUT2D eigenvalue weighted by Gasteiger charge is 2.20. The Labute approximate surface area is 121 Å². The van der Waals surface area contributed by atoms with E-state index >= 15 is 0 Å². The van der Waals surface area contributed by atoms with Crippen LogP contribution in [0.15, 0.2) is 24.3 Å². The van der Waals surface area contributed by atoms with Gasteiger partial charge < -0.3 is 9.84 Å². The van der Waals surface area contributed by atoms with E-state index in [1.165, 1.54) is 38.5 Å². The van der Waals surface area contributed by atoms with E-state index in [0.29, 0.717) is 11.5 Å². The van der Waals surface area contributed by atoms with Crippen LogP contribution in [0.3, 0.4) is 0 Å². The first kappa shape index (κ1) is 14.9. The van der Waals surface area contributed by atoms with Crippen molar-refractivity contribution in [2.75, 3.05) is 6.61 Å². The monoisotopic (exact) mass is 276 g/mol.